The molecule has 1 aliphatic heterocycles. The van der Waals surface area contributed by atoms with Gasteiger partial charge in [-0.25, -0.2) is 0 Å². The zero-order valence-corrected chi connectivity index (χ0v) is 15.4. The fraction of sp³-hybridized carbons (Fsp3) is 0.421. The third-order valence-electron chi connectivity index (χ3n) is 4.25. The van der Waals surface area contributed by atoms with Gasteiger partial charge >= 0.3 is 6.18 Å². The molecule has 1 atom stereocenters. The molecule has 0 N–H and O–H groups in total. The van der Waals surface area contributed by atoms with Gasteiger partial charge in [0.2, 0.25) is 0 Å². The number of alkyl halides is 3. The summed E-state index contributed by atoms with van der Waals surface area (Å²) in [6.45, 7) is 1.25. The lowest BCUT2D eigenvalue weighted by Crippen LogP contribution is -2.39. The number of halogens is 3. The number of hydrogen-bond donors (Lipinski definition) is 0. The van der Waals surface area contributed by atoms with Crippen LogP contribution in [-0.2, 0) is 22.3 Å². The Balaban J connectivity index is 1.63. The lowest BCUT2D eigenvalue weighted by Gasteiger charge is -2.25. The third kappa shape index (κ3) is 5.71. The second kappa shape index (κ2) is 8.75. The number of ether oxygens (including phenoxy) is 2. The second-order valence-corrected chi connectivity index (χ2v) is 7.34. The minimum absolute atomic E-state index is 0.0116. The van der Waals surface area contributed by atoms with Gasteiger partial charge in [-0.15, -0.1) is 11.3 Å². The normalized spacial score (nSPS) is 17.1. The standard InChI is InChI=1S/C19H20F3NO3S/c20-19(21,22)14-4-1-5-15(10-14)26-13-18(24)23(11-16-6-2-8-25-16)12-17-7-3-9-27-17/h1,3-5,7,9-10,16H,2,6,8,11-13H2. The maximum atomic E-state index is 12.8. The number of nitrogens with zero attached hydrogens (tertiary/aromatic N) is 1. The van der Waals surface area contributed by atoms with Crippen molar-refractivity contribution in [3.05, 3.63) is 52.2 Å². The summed E-state index contributed by atoms with van der Waals surface area (Å²) in [5.41, 5.74) is -0.803. The topological polar surface area (TPSA) is 38.8 Å². The lowest BCUT2D eigenvalue weighted by molar-refractivity contribution is -0.137. The van der Waals surface area contributed by atoms with Gasteiger partial charge in [0.1, 0.15) is 5.75 Å². The van der Waals surface area contributed by atoms with Crippen molar-refractivity contribution in [3.63, 3.8) is 0 Å². The highest BCUT2D eigenvalue weighted by molar-refractivity contribution is 7.09. The van der Waals surface area contributed by atoms with Crippen molar-refractivity contribution in [3.8, 4) is 5.75 Å². The second-order valence-electron chi connectivity index (χ2n) is 6.30. The van der Waals surface area contributed by atoms with E-state index in [1.807, 2.05) is 17.5 Å². The van der Waals surface area contributed by atoms with Gasteiger partial charge in [-0.05, 0) is 42.5 Å². The average Bonchev–Trinajstić information content (AvgIpc) is 3.33. The molecule has 1 unspecified atom stereocenters. The van der Waals surface area contributed by atoms with Gasteiger partial charge in [0, 0.05) is 18.0 Å². The molecule has 0 spiro atoms. The number of thiophene rings is 1. The Morgan fingerprint density at radius 3 is 2.81 bits per heavy atom. The van der Waals surface area contributed by atoms with Crippen LogP contribution in [0.5, 0.6) is 5.75 Å². The summed E-state index contributed by atoms with van der Waals surface area (Å²) in [4.78, 5) is 15.3. The molecule has 8 heteroatoms. The Hall–Kier alpha value is -2.06. The van der Waals surface area contributed by atoms with Crippen LogP contribution in [0.3, 0.4) is 0 Å². The highest BCUT2D eigenvalue weighted by atomic mass is 32.1. The van der Waals surface area contributed by atoms with Gasteiger partial charge in [0.15, 0.2) is 6.61 Å². The number of benzene rings is 1. The van der Waals surface area contributed by atoms with E-state index in [0.29, 0.717) is 19.7 Å². The van der Waals surface area contributed by atoms with Gasteiger partial charge in [-0.1, -0.05) is 12.1 Å². The maximum Gasteiger partial charge on any atom is 0.416 e. The van der Waals surface area contributed by atoms with Crippen molar-refractivity contribution < 1.29 is 27.4 Å². The number of hydrogen-bond acceptors (Lipinski definition) is 4. The van der Waals surface area contributed by atoms with E-state index in [4.69, 9.17) is 9.47 Å². The molecule has 1 saturated heterocycles. The van der Waals surface area contributed by atoms with Crippen LogP contribution in [0.2, 0.25) is 0 Å². The van der Waals surface area contributed by atoms with Gasteiger partial charge in [0.05, 0.1) is 18.2 Å². The van der Waals surface area contributed by atoms with Crippen molar-refractivity contribution in [1.29, 1.82) is 0 Å². The summed E-state index contributed by atoms with van der Waals surface area (Å²) in [6, 6.07) is 8.39. The SMILES string of the molecule is O=C(COc1cccc(C(F)(F)F)c1)N(Cc1cccs1)CC1CCCO1. The molecule has 0 bridgehead atoms. The summed E-state index contributed by atoms with van der Waals surface area (Å²) in [5.74, 6) is -0.261. The molecule has 3 rings (SSSR count). The van der Waals surface area contributed by atoms with E-state index in [1.54, 1.807) is 16.2 Å². The van der Waals surface area contributed by atoms with Crippen LogP contribution in [0, 0.1) is 0 Å². The monoisotopic (exact) mass is 399 g/mol. The first kappa shape index (κ1) is 19.7. The van der Waals surface area contributed by atoms with Crippen LogP contribution in [0.15, 0.2) is 41.8 Å². The van der Waals surface area contributed by atoms with Crippen LogP contribution in [0.25, 0.3) is 0 Å². The lowest BCUT2D eigenvalue weighted by atomic mass is 10.2. The first-order chi connectivity index (χ1) is 12.9. The van der Waals surface area contributed by atoms with E-state index in [1.165, 1.54) is 12.1 Å². The van der Waals surface area contributed by atoms with Crippen LogP contribution < -0.4 is 4.74 Å². The molecule has 27 heavy (non-hydrogen) atoms. The molecule has 0 radical (unpaired) electrons. The largest absolute Gasteiger partial charge is 0.484 e. The van der Waals surface area contributed by atoms with Crippen LogP contribution in [0.4, 0.5) is 13.2 Å². The van der Waals surface area contributed by atoms with Crippen molar-refractivity contribution in [1.82, 2.24) is 4.90 Å². The fourth-order valence-electron chi connectivity index (χ4n) is 2.88. The zero-order valence-electron chi connectivity index (χ0n) is 14.6. The summed E-state index contributed by atoms with van der Waals surface area (Å²) in [5, 5.41) is 1.93. The van der Waals surface area contributed by atoms with Crippen molar-refractivity contribution in [2.24, 2.45) is 0 Å². The molecule has 1 aliphatic rings. The van der Waals surface area contributed by atoms with Crippen molar-refractivity contribution in [2.75, 3.05) is 19.8 Å². The summed E-state index contributed by atoms with van der Waals surface area (Å²) >= 11 is 1.55. The van der Waals surface area contributed by atoms with E-state index in [2.05, 4.69) is 0 Å². The number of rotatable bonds is 7. The molecule has 1 amide bonds. The molecule has 2 aromatic rings. The summed E-state index contributed by atoms with van der Waals surface area (Å²) < 4.78 is 49.3. The third-order valence-corrected chi connectivity index (χ3v) is 5.11. The summed E-state index contributed by atoms with van der Waals surface area (Å²) in [7, 11) is 0. The quantitative estimate of drug-likeness (QED) is 0.695. The van der Waals surface area contributed by atoms with Gasteiger partial charge in [0.25, 0.3) is 5.91 Å². The number of carbonyl (C=O) groups is 1. The zero-order chi connectivity index (χ0) is 19.3. The Kier molecular flexibility index (Phi) is 6.38. The van der Waals surface area contributed by atoms with Crippen LogP contribution in [0.1, 0.15) is 23.3 Å². The molecule has 1 fully saturated rings. The van der Waals surface area contributed by atoms with E-state index >= 15 is 0 Å². The first-order valence-electron chi connectivity index (χ1n) is 8.63. The highest BCUT2D eigenvalue weighted by Gasteiger charge is 2.30. The predicted molar refractivity (Wildman–Crippen MR) is 95.6 cm³/mol. The molecular formula is C19H20F3NO3S. The molecule has 0 saturated carbocycles. The van der Waals surface area contributed by atoms with Crippen molar-refractivity contribution in [2.45, 2.75) is 31.7 Å². The van der Waals surface area contributed by atoms with E-state index in [9.17, 15) is 18.0 Å². The Morgan fingerprint density at radius 1 is 1.30 bits per heavy atom. The van der Waals surface area contributed by atoms with Crippen molar-refractivity contribution >= 4 is 17.2 Å². The molecule has 2 heterocycles. The van der Waals surface area contributed by atoms with Crippen LogP contribution in [-0.4, -0.2) is 36.7 Å². The molecule has 1 aromatic carbocycles. The molecule has 146 valence electrons. The van der Waals surface area contributed by atoms with Gasteiger partial charge < -0.3 is 14.4 Å². The predicted octanol–water partition coefficient (Wildman–Crippen LogP) is 4.35. The number of carbonyl (C=O) groups excluding carboxylic acids is 1. The smallest absolute Gasteiger partial charge is 0.416 e. The van der Waals surface area contributed by atoms with Crippen LogP contribution >= 0.6 is 11.3 Å². The van der Waals surface area contributed by atoms with E-state index in [-0.39, 0.29) is 24.4 Å². The Morgan fingerprint density at radius 2 is 2.15 bits per heavy atom. The van der Waals surface area contributed by atoms with E-state index < -0.39 is 11.7 Å². The molecule has 4 nitrogen and oxygen atoms in total. The molecular weight excluding hydrogens is 379 g/mol. The Labute approximate surface area is 159 Å². The van der Waals surface area contributed by atoms with E-state index in [0.717, 1.165) is 29.9 Å². The number of amides is 1. The minimum atomic E-state index is -4.45. The first-order valence-corrected chi connectivity index (χ1v) is 9.51. The Bertz CT molecular complexity index is 743. The highest BCUT2D eigenvalue weighted by Crippen LogP contribution is 2.31. The van der Waals surface area contributed by atoms with Gasteiger partial charge in [-0.3, -0.25) is 4.79 Å². The average molecular weight is 399 g/mol. The van der Waals surface area contributed by atoms with Gasteiger partial charge in [-0.2, -0.15) is 13.2 Å². The molecule has 1 aromatic heterocycles. The molecule has 0 aliphatic carbocycles. The maximum absolute atomic E-state index is 12.8. The fourth-order valence-corrected chi connectivity index (χ4v) is 3.60. The minimum Gasteiger partial charge on any atom is -0.484 e. The summed E-state index contributed by atoms with van der Waals surface area (Å²) in [6.07, 6.45) is -2.61.